The van der Waals surface area contributed by atoms with E-state index in [0.717, 1.165) is 52.8 Å². The van der Waals surface area contributed by atoms with E-state index in [2.05, 4.69) is 20.8 Å². The van der Waals surface area contributed by atoms with Crippen LogP contribution in [0.25, 0.3) is 5.00 Å². The Kier molecular flexibility index (Phi) is 6.53. The Morgan fingerprint density at radius 1 is 1.23 bits per heavy atom. The fourth-order valence-corrected chi connectivity index (χ4v) is 5.01. The van der Waals surface area contributed by atoms with Crippen LogP contribution >= 0.6 is 22.9 Å². The fourth-order valence-electron chi connectivity index (χ4n) is 3.52. The summed E-state index contributed by atoms with van der Waals surface area (Å²) in [4.78, 5) is 17.7. The lowest BCUT2D eigenvalue weighted by atomic mass is 10.0. The molecule has 0 N–H and O–H groups in total. The summed E-state index contributed by atoms with van der Waals surface area (Å²) in [6.45, 7) is 6.58. The molecular formula is C23H25ClN4O2S. The lowest BCUT2D eigenvalue weighted by Crippen LogP contribution is -2.12. The van der Waals surface area contributed by atoms with Crippen molar-refractivity contribution in [1.29, 1.82) is 0 Å². The van der Waals surface area contributed by atoms with Crippen LogP contribution in [-0.2, 0) is 22.5 Å². The number of benzene rings is 1. The smallest absolute Gasteiger partial charge is 0.308 e. The maximum atomic E-state index is 11.6. The number of rotatable bonds is 7. The average Bonchev–Trinajstić information content (AvgIpc) is 3.28. The molecule has 0 bridgehead atoms. The van der Waals surface area contributed by atoms with Crippen LogP contribution in [0.4, 0.5) is 0 Å². The first-order chi connectivity index (χ1) is 15.0. The molecule has 162 valence electrons. The monoisotopic (exact) mass is 456 g/mol. The van der Waals surface area contributed by atoms with E-state index in [1.807, 2.05) is 45.0 Å². The summed E-state index contributed by atoms with van der Waals surface area (Å²) in [6.07, 6.45) is 2.68. The molecule has 31 heavy (non-hydrogen) atoms. The number of aromatic nitrogens is 3. The molecule has 1 aromatic carbocycles. The number of nitrogens with zero attached hydrogens (tertiary/aromatic N) is 4. The van der Waals surface area contributed by atoms with Crippen LogP contribution in [0.15, 0.2) is 35.3 Å². The molecule has 1 aliphatic rings. The zero-order valence-electron chi connectivity index (χ0n) is 17.9. The molecule has 0 saturated carbocycles. The van der Waals surface area contributed by atoms with Gasteiger partial charge in [0.25, 0.3) is 0 Å². The third-order valence-electron chi connectivity index (χ3n) is 5.15. The van der Waals surface area contributed by atoms with Gasteiger partial charge in [-0.15, -0.1) is 21.5 Å². The van der Waals surface area contributed by atoms with Gasteiger partial charge in [-0.25, -0.2) is 0 Å². The van der Waals surface area contributed by atoms with Crippen LogP contribution in [0, 0.1) is 12.8 Å². The Labute approximate surface area is 190 Å². The third-order valence-corrected chi connectivity index (χ3v) is 6.66. The van der Waals surface area contributed by atoms with Crippen LogP contribution in [0.2, 0.25) is 5.02 Å². The van der Waals surface area contributed by atoms with E-state index in [0.29, 0.717) is 18.2 Å². The number of aryl methyl sites for hydroxylation is 2. The lowest BCUT2D eigenvalue weighted by Gasteiger charge is -2.08. The third kappa shape index (κ3) is 4.57. The minimum absolute atomic E-state index is 0.0864. The predicted molar refractivity (Wildman–Crippen MR) is 124 cm³/mol. The maximum absolute atomic E-state index is 11.6. The van der Waals surface area contributed by atoms with Gasteiger partial charge < -0.3 is 4.74 Å². The van der Waals surface area contributed by atoms with Crippen molar-refractivity contribution in [3.05, 3.63) is 63.0 Å². The largest absolute Gasteiger partial charge is 0.465 e. The second-order valence-corrected chi connectivity index (χ2v) is 9.38. The summed E-state index contributed by atoms with van der Waals surface area (Å²) < 4.78 is 7.39. The number of esters is 1. The van der Waals surface area contributed by atoms with E-state index in [-0.39, 0.29) is 11.9 Å². The van der Waals surface area contributed by atoms with E-state index in [1.165, 1.54) is 4.88 Å². The molecule has 0 radical (unpaired) electrons. The van der Waals surface area contributed by atoms with Crippen LogP contribution in [0.5, 0.6) is 0 Å². The first-order valence-corrected chi connectivity index (χ1v) is 11.7. The predicted octanol–water partition coefficient (Wildman–Crippen LogP) is 5.16. The summed E-state index contributed by atoms with van der Waals surface area (Å²) in [7, 11) is 0. The molecule has 0 fully saturated rings. The number of hydrogen-bond donors (Lipinski definition) is 0. The molecule has 2 aromatic heterocycles. The first kappa shape index (κ1) is 21.7. The van der Waals surface area contributed by atoms with Crippen LogP contribution < -0.4 is 0 Å². The number of fused-ring (bicyclic) bond motifs is 3. The highest BCUT2D eigenvalue weighted by molar-refractivity contribution is 7.15. The van der Waals surface area contributed by atoms with Gasteiger partial charge in [-0.2, -0.15) is 0 Å². The Bertz CT molecular complexity index is 1130. The first-order valence-electron chi connectivity index (χ1n) is 10.5. The van der Waals surface area contributed by atoms with Gasteiger partial charge in [0, 0.05) is 21.0 Å². The molecule has 0 saturated heterocycles. The summed E-state index contributed by atoms with van der Waals surface area (Å²) in [5.74, 6) is 1.45. The second-order valence-electron chi connectivity index (χ2n) is 7.85. The van der Waals surface area contributed by atoms with Gasteiger partial charge in [0.05, 0.1) is 18.2 Å². The van der Waals surface area contributed by atoms with Gasteiger partial charge in [-0.3, -0.25) is 14.4 Å². The SMILES string of the molecule is Cc1nnc2n1-c1sc(CCCCOC(=O)C(C)C)cc1C(c1ccccc1Cl)=NC2. The van der Waals surface area contributed by atoms with Crippen LogP contribution in [0.3, 0.4) is 0 Å². The fraction of sp³-hybridized carbons (Fsp3) is 0.391. The van der Waals surface area contributed by atoms with E-state index in [1.54, 1.807) is 11.3 Å². The van der Waals surface area contributed by atoms with Crippen LogP contribution in [-0.4, -0.2) is 33.1 Å². The zero-order chi connectivity index (χ0) is 22.0. The van der Waals surface area contributed by atoms with Crippen molar-refractivity contribution in [2.45, 2.75) is 46.6 Å². The molecule has 1 aliphatic heterocycles. The molecule has 0 spiro atoms. The van der Waals surface area contributed by atoms with Crippen molar-refractivity contribution >= 4 is 34.6 Å². The topological polar surface area (TPSA) is 69.4 Å². The summed E-state index contributed by atoms with van der Waals surface area (Å²) >= 11 is 8.25. The van der Waals surface area contributed by atoms with Crippen molar-refractivity contribution in [1.82, 2.24) is 14.8 Å². The standard InChI is InChI=1S/C23H25ClN4O2S/c1-14(2)23(29)30-11-7-6-8-16-12-18-21(17-9-4-5-10-19(17)24)25-13-20-27-26-15(3)28(20)22(18)31-16/h4-5,9-10,12,14H,6-8,11,13H2,1-3H3. The molecule has 0 aliphatic carbocycles. The molecule has 3 aromatic rings. The summed E-state index contributed by atoms with van der Waals surface area (Å²) in [5, 5.41) is 10.3. The quantitative estimate of drug-likeness (QED) is 0.363. The highest BCUT2D eigenvalue weighted by Gasteiger charge is 2.25. The van der Waals surface area contributed by atoms with Gasteiger partial charge in [0.15, 0.2) is 5.82 Å². The van der Waals surface area contributed by atoms with Gasteiger partial charge in [0.1, 0.15) is 17.4 Å². The van der Waals surface area contributed by atoms with Crippen molar-refractivity contribution < 1.29 is 9.53 Å². The Morgan fingerprint density at radius 2 is 2.03 bits per heavy atom. The van der Waals surface area contributed by atoms with E-state index < -0.39 is 0 Å². The van der Waals surface area contributed by atoms with Crippen molar-refractivity contribution in [3.63, 3.8) is 0 Å². The van der Waals surface area contributed by atoms with Crippen LogP contribution in [0.1, 0.15) is 54.3 Å². The summed E-state index contributed by atoms with van der Waals surface area (Å²) in [5.41, 5.74) is 2.87. The normalized spacial score (nSPS) is 12.9. The molecule has 8 heteroatoms. The van der Waals surface area contributed by atoms with Gasteiger partial charge in [0.2, 0.25) is 0 Å². The highest BCUT2D eigenvalue weighted by atomic mass is 35.5. The van der Waals surface area contributed by atoms with E-state index >= 15 is 0 Å². The Morgan fingerprint density at radius 3 is 2.81 bits per heavy atom. The molecule has 3 heterocycles. The van der Waals surface area contributed by atoms with E-state index in [4.69, 9.17) is 21.3 Å². The van der Waals surface area contributed by atoms with Crippen molar-refractivity contribution in [2.75, 3.05) is 6.61 Å². The minimum Gasteiger partial charge on any atom is -0.465 e. The number of carbonyl (C=O) groups excluding carboxylic acids is 1. The van der Waals surface area contributed by atoms with E-state index in [9.17, 15) is 4.79 Å². The molecule has 0 amide bonds. The van der Waals surface area contributed by atoms with Crippen molar-refractivity contribution in [3.8, 4) is 5.00 Å². The molecule has 0 atom stereocenters. The zero-order valence-corrected chi connectivity index (χ0v) is 19.5. The Balaban J connectivity index is 1.58. The maximum Gasteiger partial charge on any atom is 0.308 e. The number of ether oxygens (including phenoxy) is 1. The highest BCUT2D eigenvalue weighted by Crippen LogP contribution is 2.35. The Hall–Kier alpha value is -2.51. The van der Waals surface area contributed by atoms with Crippen molar-refractivity contribution in [2.24, 2.45) is 10.9 Å². The van der Waals surface area contributed by atoms with Gasteiger partial charge in [-0.05, 0) is 38.3 Å². The number of carbonyl (C=O) groups is 1. The molecule has 6 nitrogen and oxygen atoms in total. The summed E-state index contributed by atoms with van der Waals surface area (Å²) in [6, 6.07) is 10.0. The molecule has 0 unspecified atom stereocenters. The number of halogens is 1. The average molecular weight is 457 g/mol. The molecule has 4 rings (SSSR count). The lowest BCUT2D eigenvalue weighted by molar-refractivity contribution is -0.147. The number of unbranched alkanes of at least 4 members (excludes halogenated alkanes) is 1. The molecular weight excluding hydrogens is 432 g/mol. The second kappa shape index (κ2) is 9.32. The number of thiophene rings is 1. The van der Waals surface area contributed by atoms with Gasteiger partial charge >= 0.3 is 5.97 Å². The number of hydrogen-bond acceptors (Lipinski definition) is 6. The minimum atomic E-state index is -0.140. The van der Waals surface area contributed by atoms with Gasteiger partial charge in [-0.1, -0.05) is 43.6 Å². The number of aliphatic imine (C=N–C) groups is 1.